The zero-order chi connectivity index (χ0) is 18.3. The number of unbranched alkanes of at least 4 members (excludes halogenated alkanes) is 2. The summed E-state index contributed by atoms with van der Waals surface area (Å²) in [6.45, 7) is 8.89. The number of pyridine rings is 1. The fraction of sp³-hybridized carbons (Fsp3) is 0.632. The van der Waals surface area contributed by atoms with E-state index >= 15 is 0 Å². The van der Waals surface area contributed by atoms with Crippen molar-refractivity contribution in [2.75, 3.05) is 37.6 Å². The summed E-state index contributed by atoms with van der Waals surface area (Å²) in [7, 11) is 0. The summed E-state index contributed by atoms with van der Waals surface area (Å²) in [6, 6.07) is 5.84. The molecule has 0 bridgehead atoms. The number of aromatic nitrogens is 1. The molecule has 25 heavy (non-hydrogen) atoms. The maximum atomic E-state index is 12.8. The zero-order valence-electron chi connectivity index (χ0n) is 15.6. The fourth-order valence-corrected chi connectivity index (χ4v) is 2.97. The third-order valence-electron chi connectivity index (χ3n) is 4.71. The molecule has 0 spiro atoms. The fourth-order valence-electron chi connectivity index (χ4n) is 2.97. The monoisotopic (exact) mass is 346 g/mol. The number of nitrogens with one attached hydrogen (secondary N) is 1. The average molecular weight is 346 g/mol. The molecule has 1 aromatic heterocycles. The van der Waals surface area contributed by atoms with Crippen molar-refractivity contribution in [3.05, 3.63) is 24.4 Å². The van der Waals surface area contributed by atoms with Gasteiger partial charge in [-0.1, -0.05) is 25.8 Å². The summed E-state index contributed by atoms with van der Waals surface area (Å²) in [5.41, 5.74) is -1.03. The van der Waals surface area contributed by atoms with Gasteiger partial charge in [0.2, 0.25) is 11.8 Å². The van der Waals surface area contributed by atoms with Gasteiger partial charge in [0.15, 0.2) is 0 Å². The van der Waals surface area contributed by atoms with E-state index in [1.54, 1.807) is 24.9 Å². The third kappa shape index (κ3) is 4.94. The van der Waals surface area contributed by atoms with Gasteiger partial charge in [-0.25, -0.2) is 4.98 Å². The molecule has 1 N–H and O–H groups in total. The lowest BCUT2D eigenvalue weighted by Crippen LogP contribution is -2.55. The van der Waals surface area contributed by atoms with Crippen LogP contribution in [0.15, 0.2) is 24.4 Å². The second kappa shape index (κ2) is 8.83. The Morgan fingerprint density at radius 2 is 1.88 bits per heavy atom. The topological polar surface area (TPSA) is 65.5 Å². The molecule has 6 heteroatoms. The van der Waals surface area contributed by atoms with Crippen molar-refractivity contribution in [1.29, 1.82) is 0 Å². The number of hydrogen-bond acceptors (Lipinski definition) is 4. The highest BCUT2D eigenvalue weighted by Crippen LogP contribution is 2.21. The molecule has 1 aromatic rings. The van der Waals surface area contributed by atoms with Crippen molar-refractivity contribution in [3.63, 3.8) is 0 Å². The van der Waals surface area contributed by atoms with Crippen LogP contribution in [-0.4, -0.2) is 54.4 Å². The van der Waals surface area contributed by atoms with Crippen LogP contribution in [0.5, 0.6) is 0 Å². The van der Waals surface area contributed by atoms with Gasteiger partial charge in [-0.05, 0) is 32.4 Å². The summed E-state index contributed by atoms with van der Waals surface area (Å²) in [4.78, 5) is 33.6. The number of hydrogen-bond donors (Lipinski definition) is 1. The van der Waals surface area contributed by atoms with Crippen LogP contribution in [0.1, 0.15) is 40.0 Å². The smallest absolute Gasteiger partial charge is 0.237 e. The van der Waals surface area contributed by atoms with Crippen molar-refractivity contribution in [1.82, 2.24) is 15.2 Å². The number of carbonyl (C=O) groups excluding carboxylic acids is 2. The molecular weight excluding hydrogens is 316 g/mol. The van der Waals surface area contributed by atoms with Gasteiger partial charge in [0, 0.05) is 38.9 Å². The van der Waals surface area contributed by atoms with Crippen molar-refractivity contribution < 1.29 is 9.59 Å². The number of rotatable bonds is 7. The van der Waals surface area contributed by atoms with Gasteiger partial charge in [-0.15, -0.1) is 0 Å². The minimum atomic E-state index is -1.03. The van der Waals surface area contributed by atoms with Crippen LogP contribution >= 0.6 is 0 Å². The highest BCUT2D eigenvalue weighted by Gasteiger charge is 2.39. The lowest BCUT2D eigenvalue weighted by atomic mass is 9.90. The molecule has 1 aliphatic rings. The molecule has 0 aliphatic carbocycles. The third-order valence-corrected chi connectivity index (χ3v) is 4.71. The predicted octanol–water partition coefficient (Wildman–Crippen LogP) is 2.06. The number of amides is 2. The molecule has 2 heterocycles. The minimum absolute atomic E-state index is 0.0961. The van der Waals surface area contributed by atoms with E-state index in [2.05, 4.69) is 22.1 Å². The van der Waals surface area contributed by atoms with Gasteiger partial charge in [-0.3, -0.25) is 9.59 Å². The first kappa shape index (κ1) is 19.2. The van der Waals surface area contributed by atoms with Gasteiger partial charge < -0.3 is 15.1 Å². The van der Waals surface area contributed by atoms with Crippen LogP contribution in [0.25, 0.3) is 0 Å². The molecule has 0 saturated carbocycles. The van der Waals surface area contributed by atoms with Crippen LogP contribution in [-0.2, 0) is 9.59 Å². The highest BCUT2D eigenvalue weighted by molar-refractivity contribution is 6.04. The van der Waals surface area contributed by atoms with Crippen molar-refractivity contribution >= 4 is 17.6 Å². The molecule has 2 amide bonds. The Labute approximate surface area is 150 Å². The second-order valence-corrected chi connectivity index (χ2v) is 7.06. The average Bonchev–Trinajstić information content (AvgIpc) is 2.65. The molecule has 0 aromatic carbocycles. The Morgan fingerprint density at radius 1 is 1.16 bits per heavy atom. The van der Waals surface area contributed by atoms with Gasteiger partial charge in [-0.2, -0.15) is 0 Å². The Kier molecular flexibility index (Phi) is 6.79. The van der Waals surface area contributed by atoms with E-state index in [1.807, 2.05) is 18.2 Å². The summed E-state index contributed by atoms with van der Waals surface area (Å²) in [6.07, 6.45) is 4.93. The first-order valence-electron chi connectivity index (χ1n) is 9.20. The molecule has 1 fully saturated rings. The molecule has 6 nitrogen and oxygen atoms in total. The maximum Gasteiger partial charge on any atom is 0.237 e. The summed E-state index contributed by atoms with van der Waals surface area (Å²) >= 11 is 0. The SMILES string of the molecule is CCCCCNC(=O)C(C)(C)C(=O)N1CCN(c2ccccn2)CC1. The summed E-state index contributed by atoms with van der Waals surface area (Å²) in [5.74, 6) is 0.657. The molecule has 1 saturated heterocycles. The van der Waals surface area contributed by atoms with E-state index in [9.17, 15) is 9.59 Å². The first-order chi connectivity index (χ1) is 12.0. The van der Waals surface area contributed by atoms with Crippen LogP contribution in [0.4, 0.5) is 5.82 Å². The molecule has 1 aliphatic heterocycles. The Morgan fingerprint density at radius 3 is 2.48 bits per heavy atom. The summed E-state index contributed by atoms with van der Waals surface area (Å²) in [5, 5.41) is 2.91. The van der Waals surface area contributed by atoms with Crippen LogP contribution in [0.2, 0.25) is 0 Å². The maximum absolute atomic E-state index is 12.8. The Balaban J connectivity index is 1.86. The molecule has 0 atom stereocenters. The quantitative estimate of drug-likeness (QED) is 0.606. The van der Waals surface area contributed by atoms with E-state index in [0.29, 0.717) is 19.6 Å². The Hall–Kier alpha value is -2.11. The zero-order valence-corrected chi connectivity index (χ0v) is 15.6. The number of carbonyl (C=O) groups is 2. The first-order valence-corrected chi connectivity index (χ1v) is 9.20. The molecule has 0 radical (unpaired) electrons. The number of nitrogens with zero attached hydrogens (tertiary/aromatic N) is 3. The largest absolute Gasteiger partial charge is 0.355 e. The lowest BCUT2D eigenvalue weighted by Gasteiger charge is -2.38. The van der Waals surface area contributed by atoms with Crippen LogP contribution < -0.4 is 10.2 Å². The number of anilines is 1. The van der Waals surface area contributed by atoms with Crippen molar-refractivity contribution in [2.45, 2.75) is 40.0 Å². The van der Waals surface area contributed by atoms with Gasteiger partial charge in [0.1, 0.15) is 11.2 Å². The normalized spacial score (nSPS) is 15.2. The molecule has 0 unspecified atom stereocenters. The lowest BCUT2D eigenvalue weighted by molar-refractivity contribution is -0.148. The van der Waals surface area contributed by atoms with Gasteiger partial charge in [0.25, 0.3) is 0 Å². The Bertz CT molecular complexity index is 566. The van der Waals surface area contributed by atoms with E-state index in [1.165, 1.54) is 0 Å². The van der Waals surface area contributed by atoms with Gasteiger partial charge in [0.05, 0.1) is 0 Å². The van der Waals surface area contributed by atoms with E-state index in [-0.39, 0.29) is 11.8 Å². The van der Waals surface area contributed by atoms with E-state index < -0.39 is 5.41 Å². The second-order valence-electron chi connectivity index (χ2n) is 7.06. The molecule has 138 valence electrons. The van der Waals surface area contributed by atoms with Gasteiger partial charge >= 0.3 is 0 Å². The van der Waals surface area contributed by atoms with E-state index in [4.69, 9.17) is 0 Å². The predicted molar refractivity (Wildman–Crippen MR) is 99.3 cm³/mol. The van der Waals surface area contributed by atoms with Crippen LogP contribution in [0, 0.1) is 5.41 Å². The van der Waals surface area contributed by atoms with Crippen molar-refractivity contribution in [3.8, 4) is 0 Å². The number of piperazine rings is 1. The molecular formula is C19H30N4O2. The summed E-state index contributed by atoms with van der Waals surface area (Å²) < 4.78 is 0. The highest BCUT2D eigenvalue weighted by atomic mass is 16.2. The van der Waals surface area contributed by atoms with Crippen LogP contribution in [0.3, 0.4) is 0 Å². The van der Waals surface area contributed by atoms with Crippen molar-refractivity contribution in [2.24, 2.45) is 5.41 Å². The standard InChI is InChI=1S/C19H30N4O2/c1-4-5-7-11-21-17(24)19(2,3)18(25)23-14-12-22(13-15-23)16-9-6-8-10-20-16/h6,8-10H,4-5,7,11-15H2,1-3H3,(H,21,24). The molecule has 2 rings (SSSR count). The van der Waals surface area contributed by atoms with E-state index in [0.717, 1.165) is 38.2 Å². The minimum Gasteiger partial charge on any atom is -0.355 e.